The standard InChI is InChI=1S/C19H16F2N2S/c1-18(2)19(3,21)17-13(7-8-24-17)15(23-18)12-9-11-5-4-6-14(20)16(11)22-10-12/h4-10H,1-3H3. The first-order valence-electron chi connectivity index (χ1n) is 7.73. The zero-order valence-electron chi connectivity index (χ0n) is 13.6. The lowest BCUT2D eigenvalue weighted by Crippen LogP contribution is -2.44. The van der Waals surface area contributed by atoms with Gasteiger partial charge < -0.3 is 0 Å². The van der Waals surface area contributed by atoms with Crippen LogP contribution in [0, 0.1) is 5.82 Å². The van der Waals surface area contributed by atoms with E-state index in [9.17, 15) is 4.39 Å². The molecule has 0 bridgehead atoms. The Kier molecular flexibility index (Phi) is 3.16. The van der Waals surface area contributed by atoms with Gasteiger partial charge in [-0.25, -0.2) is 8.78 Å². The van der Waals surface area contributed by atoms with Gasteiger partial charge in [0.2, 0.25) is 0 Å². The molecule has 0 spiro atoms. The van der Waals surface area contributed by atoms with Crippen LogP contribution in [0.2, 0.25) is 0 Å². The number of nitrogens with zero attached hydrogens (tertiary/aromatic N) is 2. The molecule has 1 atom stereocenters. The lowest BCUT2D eigenvalue weighted by atomic mass is 9.79. The molecule has 0 amide bonds. The Balaban J connectivity index is 1.95. The number of benzene rings is 1. The number of pyridine rings is 1. The largest absolute Gasteiger partial charge is 0.274 e. The summed E-state index contributed by atoms with van der Waals surface area (Å²) in [6, 6.07) is 8.62. The molecule has 0 saturated heterocycles. The van der Waals surface area contributed by atoms with E-state index in [1.807, 2.05) is 23.6 Å². The van der Waals surface area contributed by atoms with Crippen LogP contribution in [0.25, 0.3) is 10.9 Å². The van der Waals surface area contributed by atoms with E-state index in [1.165, 1.54) is 17.4 Å². The van der Waals surface area contributed by atoms with Crippen LogP contribution in [0.15, 0.2) is 46.9 Å². The summed E-state index contributed by atoms with van der Waals surface area (Å²) in [7, 11) is 0. The Morgan fingerprint density at radius 1 is 1.12 bits per heavy atom. The number of hydrogen-bond donors (Lipinski definition) is 0. The zero-order chi connectivity index (χ0) is 17.1. The number of thiophene rings is 1. The van der Waals surface area contributed by atoms with Crippen molar-refractivity contribution in [2.45, 2.75) is 32.0 Å². The fourth-order valence-electron chi connectivity index (χ4n) is 3.05. The minimum atomic E-state index is -1.53. The first-order valence-corrected chi connectivity index (χ1v) is 8.61. The van der Waals surface area contributed by atoms with Crippen molar-refractivity contribution in [1.82, 2.24) is 4.98 Å². The number of alkyl halides is 1. The van der Waals surface area contributed by atoms with Gasteiger partial charge in [-0.05, 0) is 44.4 Å². The Bertz CT molecular complexity index is 986. The lowest BCUT2D eigenvalue weighted by Gasteiger charge is -2.39. The minimum Gasteiger partial charge on any atom is -0.274 e. The molecule has 5 heteroatoms. The zero-order valence-corrected chi connectivity index (χ0v) is 14.4. The highest BCUT2D eigenvalue weighted by Crippen LogP contribution is 2.47. The van der Waals surface area contributed by atoms with Gasteiger partial charge in [-0.15, -0.1) is 11.3 Å². The van der Waals surface area contributed by atoms with Crippen molar-refractivity contribution in [2.24, 2.45) is 4.99 Å². The fraction of sp³-hybridized carbons (Fsp3) is 0.263. The summed E-state index contributed by atoms with van der Waals surface area (Å²) in [6.07, 6.45) is 1.61. The average Bonchev–Trinajstić information content (AvgIpc) is 3.02. The molecule has 122 valence electrons. The molecule has 0 saturated carbocycles. The number of aliphatic imine (C=N–C) groups is 1. The maximum Gasteiger partial charge on any atom is 0.167 e. The smallest absolute Gasteiger partial charge is 0.167 e. The predicted octanol–water partition coefficient (Wildman–Crippen LogP) is 5.25. The molecule has 2 aromatic heterocycles. The maximum atomic E-state index is 15.3. The molecule has 4 rings (SSSR count). The number of halogens is 2. The number of hydrogen-bond acceptors (Lipinski definition) is 3. The summed E-state index contributed by atoms with van der Waals surface area (Å²) in [5, 5.41) is 2.59. The molecule has 0 aliphatic carbocycles. The quantitative estimate of drug-likeness (QED) is 0.593. The second-order valence-corrected chi connectivity index (χ2v) is 7.64. The molecule has 2 nitrogen and oxygen atoms in total. The highest BCUT2D eigenvalue weighted by atomic mass is 32.1. The molecule has 1 aliphatic rings. The highest BCUT2D eigenvalue weighted by molar-refractivity contribution is 7.10. The summed E-state index contributed by atoms with van der Waals surface area (Å²) < 4.78 is 29.1. The van der Waals surface area contributed by atoms with Crippen molar-refractivity contribution in [3.8, 4) is 0 Å². The normalized spacial score (nSPS) is 22.3. The third kappa shape index (κ3) is 2.04. The molecule has 3 heterocycles. The van der Waals surface area contributed by atoms with E-state index in [4.69, 9.17) is 4.99 Å². The van der Waals surface area contributed by atoms with Crippen molar-refractivity contribution < 1.29 is 8.78 Å². The Labute approximate surface area is 142 Å². The van der Waals surface area contributed by atoms with Crippen LogP contribution in [-0.2, 0) is 5.67 Å². The van der Waals surface area contributed by atoms with E-state index < -0.39 is 11.2 Å². The Morgan fingerprint density at radius 2 is 1.92 bits per heavy atom. The summed E-state index contributed by atoms with van der Waals surface area (Å²) in [5.41, 5.74) is 0.189. The van der Waals surface area contributed by atoms with Crippen molar-refractivity contribution >= 4 is 28.0 Å². The first kappa shape index (κ1) is 15.4. The second-order valence-electron chi connectivity index (χ2n) is 6.72. The molecule has 1 aliphatic heterocycles. The van der Waals surface area contributed by atoms with E-state index in [2.05, 4.69) is 4.98 Å². The molecule has 0 N–H and O–H groups in total. The first-order chi connectivity index (χ1) is 11.3. The van der Waals surface area contributed by atoms with Crippen molar-refractivity contribution in [1.29, 1.82) is 0 Å². The van der Waals surface area contributed by atoms with Gasteiger partial charge in [-0.2, -0.15) is 0 Å². The monoisotopic (exact) mass is 342 g/mol. The van der Waals surface area contributed by atoms with Gasteiger partial charge in [-0.1, -0.05) is 12.1 Å². The summed E-state index contributed by atoms with van der Waals surface area (Å²) >= 11 is 1.40. The summed E-state index contributed by atoms with van der Waals surface area (Å²) in [6.45, 7) is 5.17. The summed E-state index contributed by atoms with van der Waals surface area (Å²) in [5.74, 6) is -0.350. The molecule has 24 heavy (non-hydrogen) atoms. The van der Waals surface area contributed by atoms with Gasteiger partial charge >= 0.3 is 0 Å². The highest BCUT2D eigenvalue weighted by Gasteiger charge is 2.49. The van der Waals surface area contributed by atoms with Crippen molar-refractivity contribution in [2.75, 3.05) is 0 Å². The predicted molar refractivity (Wildman–Crippen MR) is 94.2 cm³/mol. The van der Waals surface area contributed by atoms with Gasteiger partial charge in [0.15, 0.2) is 5.67 Å². The molecule has 1 unspecified atom stereocenters. The van der Waals surface area contributed by atoms with Crippen LogP contribution < -0.4 is 0 Å². The SMILES string of the molecule is CC1(C)N=C(c2cnc3c(F)cccc3c2)c2ccsc2C1(C)F. The second kappa shape index (κ2) is 4.93. The van der Waals surface area contributed by atoms with E-state index in [-0.39, 0.29) is 5.82 Å². The molecule has 0 fully saturated rings. The van der Waals surface area contributed by atoms with Gasteiger partial charge in [0.1, 0.15) is 11.3 Å². The van der Waals surface area contributed by atoms with E-state index in [0.717, 1.165) is 11.1 Å². The molecule has 0 radical (unpaired) electrons. The van der Waals surface area contributed by atoms with Gasteiger partial charge in [-0.3, -0.25) is 9.98 Å². The molecule has 3 aromatic rings. The van der Waals surface area contributed by atoms with Crippen molar-refractivity contribution in [3.63, 3.8) is 0 Å². The maximum absolute atomic E-state index is 15.3. The molecule has 1 aromatic carbocycles. The fourth-order valence-corrected chi connectivity index (χ4v) is 4.16. The molecular weight excluding hydrogens is 326 g/mol. The van der Waals surface area contributed by atoms with Crippen LogP contribution in [0.4, 0.5) is 8.78 Å². The van der Waals surface area contributed by atoms with Crippen LogP contribution in [0.5, 0.6) is 0 Å². The van der Waals surface area contributed by atoms with E-state index in [1.54, 1.807) is 33.0 Å². The Hall–Kier alpha value is -2.14. The van der Waals surface area contributed by atoms with E-state index >= 15 is 4.39 Å². The van der Waals surface area contributed by atoms with Crippen LogP contribution >= 0.6 is 11.3 Å². The van der Waals surface area contributed by atoms with Crippen LogP contribution in [-0.4, -0.2) is 16.2 Å². The molecular formula is C19H16F2N2S. The average molecular weight is 342 g/mol. The Morgan fingerprint density at radius 3 is 2.71 bits per heavy atom. The van der Waals surface area contributed by atoms with E-state index in [0.29, 0.717) is 21.5 Å². The number of para-hydroxylation sites is 1. The third-order valence-electron chi connectivity index (χ3n) is 4.82. The lowest BCUT2D eigenvalue weighted by molar-refractivity contribution is 0.0984. The van der Waals surface area contributed by atoms with Gasteiger partial charge in [0.05, 0.1) is 16.1 Å². The number of aromatic nitrogens is 1. The van der Waals surface area contributed by atoms with Gasteiger partial charge in [0, 0.05) is 22.7 Å². The summed E-state index contributed by atoms with van der Waals surface area (Å²) in [4.78, 5) is 9.62. The minimum absolute atomic E-state index is 0.331. The van der Waals surface area contributed by atoms with Crippen molar-refractivity contribution in [3.05, 3.63) is 63.7 Å². The van der Waals surface area contributed by atoms with Crippen LogP contribution in [0.3, 0.4) is 0 Å². The van der Waals surface area contributed by atoms with Crippen LogP contribution in [0.1, 0.15) is 36.8 Å². The number of rotatable bonds is 1. The third-order valence-corrected chi connectivity index (χ3v) is 5.93. The van der Waals surface area contributed by atoms with Gasteiger partial charge in [0.25, 0.3) is 0 Å². The topological polar surface area (TPSA) is 25.2 Å². The number of fused-ring (bicyclic) bond motifs is 2.